The molecule has 0 spiro atoms. The molecule has 0 saturated carbocycles. The molecule has 0 aliphatic carbocycles. The molecule has 0 aliphatic rings. The number of rotatable bonds is 3. The predicted molar refractivity (Wildman–Crippen MR) is 43.9 cm³/mol. The van der Waals surface area contributed by atoms with E-state index in [1.807, 2.05) is 0 Å². The summed E-state index contributed by atoms with van der Waals surface area (Å²) in [4.78, 5) is 11.0. The third-order valence-corrected chi connectivity index (χ3v) is 1.45. The molecular weight excluding hydrogens is 143 g/mol. The van der Waals surface area contributed by atoms with Crippen molar-refractivity contribution in [3.8, 4) is 0 Å². The van der Waals surface area contributed by atoms with Crippen LogP contribution in [-0.2, 0) is 4.79 Å². The van der Waals surface area contributed by atoms with Crippen molar-refractivity contribution >= 4 is 5.78 Å². The van der Waals surface area contributed by atoms with Crippen molar-refractivity contribution in [3.63, 3.8) is 0 Å². The minimum Gasteiger partial charge on any atom is -0.289 e. The molecule has 0 fully saturated rings. The first kappa shape index (κ1) is 10.1. The van der Waals surface area contributed by atoms with Gasteiger partial charge in [0.25, 0.3) is 0 Å². The molecule has 11 heavy (non-hydrogen) atoms. The Hall–Kier alpha value is -0.920. The maximum absolute atomic E-state index is 12.8. The van der Waals surface area contributed by atoms with E-state index in [2.05, 4.69) is 6.58 Å². The molecule has 62 valence electrons. The van der Waals surface area contributed by atoms with Gasteiger partial charge in [-0.2, -0.15) is 0 Å². The van der Waals surface area contributed by atoms with E-state index in [0.717, 1.165) is 0 Å². The Bertz CT molecular complexity index is 214. The van der Waals surface area contributed by atoms with Crippen LogP contribution in [0.2, 0.25) is 0 Å². The molecule has 0 amide bonds. The number of allylic oxidation sites excluding steroid dienone is 3. The van der Waals surface area contributed by atoms with Gasteiger partial charge in [-0.25, -0.2) is 4.39 Å². The van der Waals surface area contributed by atoms with E-state index in [9.17, 15) is 9.18 Å². The summed E-state index contributed by atoms with van der Waals surface area (Å²) in [6.45, 7) is 8.17. The lowest BCUT2D eigenvalue weighted by Crippen LogP contribution is -2.01. The third-order valence-electron chi connectivity index (χ3n) is 1.45. The van der Waals surface area contributed by atoms with Gasteiger partial charge in [0.2, 0.25) is 0 Å². The first-order valence-electron chi connectivity index (χ1n) is 3.56. The summed E-state index contributed by atoms with van der Waals surface area (Å²) in [6, 6.07) is 0. The Morgan fingerprint density at radius 2 is 1.91 bits per heavy atom. The standard InChI is InChI=1S/C9H13FO/c1-5-8(10)7(4)9(11)6(2)3/h2,5H2,1,3-4H3. The highest BCUT2D eigenvalue weighted by Gasteiger charge is 2.09. The van der Waals surface area contributed by atoms with Crippen LogP contribution < -0.4 is 0 Å². The fourth-order valence-electron chi connectivity index (χ4n) is 0.708. The van der Waals surface area contributed by atoms with Gasteiger partial charge < -0.3 is 0 Å². The van der Waals surface area contributed by atoms with Gasteiger partial charge in [0, 0.05) is 5.57 Å². The van der Waals surface area contributed by atoms with Crippen molar-refractivity contribution < 1.29 is 9.18 Å². The second kappa shape index (κ2) is 4.06. The quantitative estimate of drug-likeness (QED) is 0.574. The van der Waals surface area contributed by atoms with Crippen molar-refractivity contribution in [2.24, 2.45) is 0 Å². The molecule has 0 unspecified atom stereocenters. The molecule has 0 aromatic rings. The fraction of sp³-hybridized carbons (Fsp3) is 0.444. The minimum absolute atomic E-state index is 0.181. The normalized spacial score (nSPS) is 12.4. The Morgan fingerprint density at radius 1 is 1.45 bits per heavy atom. The second-order valence-corrected chi connectivity index (χ2v) is 2.49. The van der Waals surface area contributed by atoms with Crippen molar-refractivity contribution in [2.75, 3.05) is 0 Å². The molecule has 0 atom stereocenters. The first-order valence-corrected chi connectivity index (χ1v) is 3.56. The van der Waals surface area contributed by atoms with Crippen molar-refractivity contribution in [2.45, 2.75) is 27.2 Å². The molecule has 0 N–H and O–H groups in total. The number of hydrogen-bond donors (Lipinski definition) is 0. The van der Waals surface area contributed by atoms with Gasteiger partial charge in [0.05, 0.1) is 0 Å². The number of carbonyl (C=O) groups excluding carboxylic acids is 1. The molecule has 0 bridgehead atoms. The SMILES string of the molecule is C=C(C)C(=O)C(C)=C(F)CC. The van der Waals surface area contributed by atoms with Crippen LogP contribution in [0.5, 0.6) is 0 Å². The van der Waals surface area contributed by atoms with E-state index in [-0.39, 0.29) is 23.6 Å². The zero-order valence-electron chi connectivity index (χ0n) is 7.20. The number of ketones is 1. The zero-order valence-corrected chi connectivity index (χ0v) is 7.20. The fourth-order valence-corrected chi connectivity index (χ4v) is 0.708. The van der Waals surface area contributed by atoms with Gasteiger partial charge in [0.15, 0.2) is 5.78 Å². The zero-order chi connectivity index (χ0) is 9.02. The summed E-state index contributed by atoms with van der Waals surface area (Å²) < 4.78 is 12.8. The summed E-state index contributed by atoms with van der Waals surface area (Å²) in [6.07, 6.45) is 0.269. The number of hydrogen-bond acceptors (Lipinski definition) is 1. The van der Waals surface area contributed by atoms with Crippen molar-refractivity contribution in [3.05, 3.63) is 23.6 Å². The summed E-state index contributed by atoms with van der Waals surface area (Å²) in [7, 11) is 0. The summed E-state index contributed by atoms with van der Waals surface area (Å²) >= 11 is 0. The van der Waals surface area contributed by atoms with Gasteiger partial charge in [-0.05, 0) is 25.8 Å². The lowest BCUT2D eigenvalue weighted by molar-refractivity contribution is -0.112. The minimum atomic E-state index is -0.349. The van der Waals surface area contributed by atoms with E-state index < -0.39 is 0 Å². The summed E-state index contributed by atoms with van der Waals surface area (Å²) in [5.74, 6) is -0.637. The van der Waals surface area contributed by atoms with Gasteiger partial charge in [-0.3, -0.25) is 4.79 Å². The van der Waals surface area contributed by atoms with Crippen molar-refractivity contribution in [1.82, 2.24) is 0 Å². The number of Topliss-reactive ketones (excluding diaryl/α,β-unsaturated/α-hetero) is 1. The molecule has 0 heterocycles. The highest BCUT2D eigenvalue weighted by atomic mass is 19.1. The largest absolute Gasteiger partial charge is 0.289 e. The van der Waals surface area contributed by atoms with E-state index in [0.29, 0.717) is 5.57 Å². The van der Waals surface area contributed by atoms with Crippen LogP contribution in [0.4, 0.5) is 4.39 Å². The maximum atomic E-state index is 12.8. The molecule has 1 nitrogen and oxygen atoms in total. The summed E-state index contributed by atoms with van der Waals surface area (Å²) in [5, 5.41) is 0. The average molecular weight is 156 g/mol. The number of halogens is 1. The predicted octanol–water partition coefficient (Wildman–Crippen LogP) is 2.79. The molecular formula is C9H13FO. The topological polar surface area (TPSA) is 17.1 Å². The maximum Gasteiger partial charge on any atom is 0.186 e. The lowest BCUT2D eigenvalue weighted by Gasteiger charge is -2.00. The smallest absolute Gasteiger partial charge is 0.186 e. The van der Waals surface area contributed by atoms with Crippen molar-refractivity contribution in [1.29, 1.82) is 0 Å². The van der Waals surface area contributed by atoms with Gasteiger partial charge in [-0.1, -0.05) is 13.5 Å². The second-order valence-electron chi connectivity index (χ2n) is 2.49. The van der Waals surface area contributed by atoms with Crippen LogP contribution in [-0.4, -0.2) is 5.78 Å². The molecule has 0 aromatic heterocycles. The van der Waals surface area contributed by atoms with Crippen LogP contribution in [0, 0.1) is 0 Å². The van der Waals surface area contributed by atoms with Crippen LogP contribution in [0.25, 0.3) is 0 Å². The van der Waals surface area contributed by atoms with E-state index in [4.69, 9.17) is 0 Å². The Morgan fingerprint density at radius 3 is 2.18 bits per heavy atom. The Balaban J connectivity index is 4.61. The van der Waals surface area contributed by atoms with E-state index >= 15 is 0 Å². The van der Waals surface area contributed by atoms with E-state index in [1.54, 1.807) is 13.8 Å². The molecule has 0 rings (SSSR count). The van der Waals surface area contributed by atoms with Gasteiger partial charge in [-0.15, -0.1) is 0 Å². The molecule has 2 heteroatoms. The first-order chi connectivity index (χ1) is 5.00. The Kier molecular flexibility index (Phi) is 3.72. The average Bonchev–Trinajstić information content (AvgIpc) is 2.00. The molecule has 0 saturated heterocycles. The number of carbonyl (C=O) groups is 1. The van der Waals surface area contributed by atoms with Crippen LogP contribution >= 0.6 is 0 Å². The summed E-state index contributed by atoms with van der Waals surface area (Å²) in [5.41, 5.74) is 0.561. The van der Waals surface area contributed by atoms with Gasteiger partial charge in [0.1, 0.15) is 5.83 Å². The highest BCUT2D eigenvalue weighted by molar-refractivity contribution is 6.07. The Labute approximate surface area is 66.6 Å². The van der Waals surface area contributed by atoms with Crippen LogP contribution in [0.1, 0.15) is 27.2 Å². The van der Waals surface area contributed by atoms with Crippen LogP contribution in [0.3, 0.4) is 0 Å². The van der Waals surface area contributed by atoms with Gasteiger partial charge >= 0.3 is 0 Å². The lowest BCUT2D eigenvalue weighted by atomic mass is 10.1. The highest BCUT2D eigenvalue weighted by Crippen LogP contribution is 2.13. The molecule has 0 radical (unpaired) electrons. The third kappa shape index (κ3) is 2.66. The monoisotopic (exact) mass is 156 g/mol. The molecule has 0 aromatic carbocycles. The molecule has 0 aliphatic heterocycles. The van der Waals surface area contributed by atoms with Crippen LogP contribution in [0.15, 0.2) is 23.6 Å². The van der Waals surface area contributed by atoms with E-state index in [1.165, 1.54) is 6.92 Å².